The van der Waals surface area contributed by atoms with Gasteiger partial charge in [-0.15, -0.1) is 0 Å². The van der Waals surface area contributed by atoms with Gasteiger partial charge in [0, 0.05) is 6.54 Å². The van der Waals surface area contributed by atoms with Crippen LogP contribution in [0.15, 0.2) is 23.1 Å². The molecule has 19 heavy (non-hydrogen) atoms. The Balaban J connectivity index is 2.49. The van der Waals surface area contributed by atoms with Gasteiger partial charge in [-0.1, -0.05) is 36.2 Å². The zero-order valence-electron chi connectivity index (χ0n) is 10.4. The van der Waals surface area contributed by atoms with Crippen LogP contribution in [0.25, 0.3) is 0 Å². The van der Waals surface area contributed by atoms with Crippen LogP contribution in [-0.4, -0.2) is 37.0 Å². The summed E-state index contributed by atoms with van der Waals surface area (Å²) in [6, 6.07) is 4.17. The second-order valence-corrected chi connectivity index (χ2v) is 7.32. The summed E-state index contributed by atoms with van der Waals surface area (Å²) in [6.45, 7) is 2.09. The molecule has 0 bridgehead atoms. The van der Waals surface area contributed by atoms with E-state index in [1.54, 1.807) is 6.07 Å². The number of hydrogen-bond acceptors (Lipinski definition) is 3. The first-order chi connectivity index (χ1) is 8.89. The Kier molecular flexibility index (Phi) is 4.42. The molecule has 106 valence electrons. The van der Waals surface area contributed by atoms with E-state index in [2.05, 4.69) is 0 Å². The van der Waals surface area contributed by atoms with Crippen LogP contribution < -0.4 is 0 Å². The van der Waals surface area contributed by atoms with Gasteiger partial charge >= 0.3 is 0 Å². The molecule has 1 heterocycles. The monoisotopic (exact) mass is 323 g/mol. The van der Waals surface area contributed by atoms with E-state index in [0.717, 1.165) is 0 Å². The lowest BCUT2D eigenvalue weighted by molar-refractivity contribution is 0.191. The Labute approximate surface area is 123 Å². The number of aliphatic hydroxyl groups is 1. The van der Waals surface area contributed by atoms with Crippen LogP contribution >= 0.6 is 23.2 Å². The lowest BCUT2D eigenvalue weighted by Crippen LogP contribution is -2.40. The molecule has 1 aliphatic heterocycles. The molecule has 1 aromatic rings. The van der Waals surface area contributed by atoms with E-state index in [-0.39, 0.29) is 27.5 Å². The number of aliphatic hydroxyl groups excluding tert-OH is 1. The average molecular weight is 324 g/mol. The topological polar surface area (TPSA) is 57.6 Å². The maximum Gasteiger partial charge on any atom is 0.246 e. The van der Waals surface area contributed by atoms with Crippen molar-refractivity contribution in [1.29, 1.82) is 0 Å². The van der Waals surface area contributed by atoms with Crippen molar-refractivity contribution in [3.05, 3.63) is 28.2 Å². The first kappa shape index (κ1) is 15.1. The van der Waals surface area contributed by atoms with E-state index < -0.39 is 16.1 Å². The maximum absolute atomic E-state index is 12.6. The predicted octanol–water partition coefficient (Wildman–Crippen LogP) is 2.38. The number of sulfonamides is 1. The average Bonchev–Trinajstić information content (AvgIpc) is 2.70. The van der Waals surface area contributed by atoms with Crippen molar-refractivity contribution < 1.29 is 13.5 Å². The zero-order chi connectivity index (χ0) is 14.2. The quantitative estimate of drug-likeness (QED) is 0.929. The molecule has 0 radical (unpaired) electrons. The second kappa shape index (κ2) is 5.58. The van der Waals surface area contributed by atoms with Gasteiger partial charge in [0.2, 0.25) is 10.0 Å². The summed E-state index contributed by atoms with van der Waals surface area (Å²) in [5.74, 6) is 0.112. The normalized spacial score (nSPS) is 24.8. The van der Waals surface area contributed by atoms with E-state index in [9.17, 15) is 13.5 Å². The van der Waals surface area contributed by atoms with Crippen LogP contribution in [0.3, 0.4) is 0 Å². The minimum Gasteiger partial charge on any atom is -0.395 e. The highest BCUT2D eigenvalue weighted by molar-refractivity contribution is 7.89. The molecule has 1 fully saturated rings. The van der Waals surface area contributed by atoms with Crippen molar-refractivity contribution in [2.45, 2.75) is 24.3 Å². The van der Waals surface area contributed by atoms with Gasteiger partial charge in [-0.2, -0.15) is 4.31 Å². The minimum absolute atomic E-state index is 0.0779. The van der Waals surface area contributed by atoms with Crippen molar-refractivity contribution in [2.75, 3.05) is 13.2 Å². The Morgan fingerprint density at radius 1 is 1.37 bits per heavy atom. The van der Waals surface area contributed by atoms with Crippen LogP contribution in [0.4, 0.5) is 0 Å². The van der Waals surface area contributed by atoms with Crippen molar-refractivity contribution in [3.8, 4) is 0 Å². The highest BCUT2D eigenvalue weighted by Crippen LogP contribution is 2.36. The summed E-state index contributed by atoms with van der Waals surface area (Å²) in [7, 11) is -3.78. The predicted molar refractivity (Wildman–Crippen MR) is 75.0 cm³/mol. The van der Waals surface area contributed by atoms with Gasteiger partial charge in [0.25, 0.3) is 0 Å². The number of hydrogen-bond donors (Lipinski definition) is 1. The maximum atomic E-state index is 12.6. The third-order valence-corrected chi connectivity index (χ3v) is 6.38. The number of halogens is 2. The second-order valence-electron chi connectivity index (χ2n) is 4.68. The summed E-state index contributed by atoms with van der Waals surface area (Å²) in [5.41, 5.74) is 0. The highest BCUT2D eigenvalue weighted by atomic mass is 35.5. The van der Waals surface area contributed by atoms with Gasteiger partial charge in [0.05, 0.1) is 22.7 Å². The Morgan fingerprint density at radius 2 is 1.95 bits per heavy atom. The third kappa shape index (κ3) is 2.62. The first-order valence-electron chi connectivity index (χ1n) is 5.96. The van der Waals surface area contributed by atoms with E-state index in [4.69, 9.17) is 23.2 Å². The smallest absolute Gasteiger partial charge is 0.246 e. The van der Waals surface area contributed by atoms with Crippen LogP contribution in [0.1, 0.15) is 13.3 Å². The SMILES string of the molecule is CC1CCN(S(=O)(=O)c2c(Cl)cccc2Cl)C1CO. The van der Waals surface area contributed by atoms with Gasteiger partial charge in [0.15, 0.2) is 0 Å². The standard InChI is InChI=1S/C12H15Cl2NO3S/c1-8-5-6-15(11(8)7-16)19(17,18)12-9(13)3-2-4-10(12)14/h2-4,8,11,16H,5-7H2,1H3. The molecule has 1 aliphatic rings. The molecular weight excluding hydrogens is 309 g/mol. The third-order valence-electron chi connectivity index (χ3n) is 3.50. The number of benzene rings is 1. The molecule has 1 N–H and O–H groups in total. The molecule has 4 nitrogen and oxygen atoms in total. The molecule has 0 aromatic heterocycles. The van der Waals surface area contributed by atoms with Gasteiger partial charge < -0.3 is 5.11 Å². The summed E-state index contributed by atoms with van der Waals surface area (Å²) < 4.78 is 26.6. The molecule has 1 saturated heterocycles. The molecule has 0 amide bonds. The largest absolute Gasteiger partial charge is 0.395 e. The molecule has 7 heteroatoms. The summed E-state index contributed by atoms with van der Waals surface area (Å²) in [6.07, 6.45) is 0.715. The molecule has 2 rings (SSSR count). The first-order valence-corrected chi connectivity index (χ1v) is 8.16. The molecule has 2 unspecified atom stereocenters. The number of rotatable bonds is 3. The van der Waals surface area contributed by atoms with Crippen LogP contribution in [0, 0.1) is 5.92 Å². The van der Waals surface area contributed by atoms with Crippen LogP contribution in [0.5, 0.6) is 0 Å². The Hall–Kier alpha value is -0.330. The van der Waals surface area contributed by atoms with Crippen molar-refractivity contribution in [2.24, 2.45) is 5.92 Å². The van der Waals surface area contributed by atoms with Crippen molar-refractivity contribution >= 4 is 33.2 Å². The lowest BCUT2D eigenvalue weighted by atomic mass is 10.0. The van der Waals surface area contributed by atoms with Gasteiger partial charge in [0.1, 0.15) is 4.90 Å². The van der Waals surface area contributed by atoms with Crippen LogP contribution in [0.2, 0.25) is 10.0 Å². The summed E-state index contributed by atoms with van der Waals surface area (Å²) in [5, 5.41) is 9.58. The van der Waals surface area contributed by atoms with Gasteiger partial charge in [-0.05, 0) is 24.5 Å². The Morgan fingerprint density at radius 3 is 2.47 bits per heavy atom. The van der Waals surface area contributed by atoms with Crippen molar-refractivity contribution in [3.63, 3.8) is 0 Å². The lowest BCUT2D eigenvalue weighted by Gasteiger charge is -2.25. The minimum atomic E-state index is -3.78. The van der Waals surface area contributed by atoms with E-state index in [1.165, 1.54) is 16.4 Å². The fourth-order valence-corrected chi connectivity index (χ4v) is 5.21. The van der Waals surface area contributed by atoms with E-state index in [1.807, 2.05) is 6.92 Å². The molecule has 0 saturated carbocycles. The van der Waals surface area contributed by atoms with E-state index in [0.29, 0.717) is 13.0 Å². The molecule has 0 spiro atoms. The van der Waals surface area contributed by atoms with Crippen molar-refractivity contribution in [1.82, 2.24) is 4.31 Å². The Bertz CT molecular complexity index is 556. The summed E-state index contributed by atoms with van der Waals surface area (Å²) in [4.78, 5) is -0.0779. The van der Waals surface area contributed by atoms with Gasteiger partial charge in [-0.25, -0.2) is 8.42 Å². The highest BCUT2D eigenvalue weighted by Gasteiger charge is 2.40. The molecule has 2 atom stereocenters. The fourth-order valence-electron chi connectivity index (χ4n) is 2.39. The fraction of sp³-hybridized carbons (Fsp3) is 0.500. The summed E-state index contributed by atoms with van der Waals surface area (Å²) >= 11 is 11.9. The number of nitrogens with zero attached hydrogens (tertiary/aromatic N) is 1. The molecule has 0 aliphatic carbocycles. The van der Waals surface area contributed by atoms with Gasteiger partial charge in [-0.3, -0.25) is 0 Å². The van der Waals surface area contributed by atoms with E-state index >= 15 is 0 Å². The van der Waals surface area contributed by atoms with Crippen LogP contribution in [-0.2, 0) is 10.0 Å². The molecule has 1 aromatic carbocycles. The molecular formula is C12H15Cl2NO3S. The zero-order valence-corrected chi connectivity index (χ0v) is 12.7.